The molecular weight excluding hydrogens is 423 g/mol. The maximum absolute atomic E-state index is 14.3. The van der Waals surface area contributed by atoms with E-state index in [0.717, 1.165) is 11.1 Å². The molecule has 7 nitrogen and oxygen atoms in total. The summed E-state index contributed by atoms with van der Waals surface area (Å²) < 4.78 is 20.8. The number of rotatable bonds is 7. The Balaban J connectivity index is 1.90. The van der Waals surface area contributed by atoms with E-state index in [1.54, 1.807) is 18.2 Å². The first-order valence-electron chi connectivity index (χ1n) is 10.7. The first kappa shape index (κ1) is 24.0. The normalized spacial score (nSPS) is 12.2. The fourth-order valence-electron chi connectivity index (χ4n) is 3.52. The Morgan fingerprint density at radius 2 is 1.79 bits per heavy atom. The number of halogens is 1. The molecule has 0 spiro atoms. The number of aryl methyl sites for hydroxylation is 1. The van der Waals surface area contributed by atoms with Crippen LogP contribution in [0.3, 0.4) is 0 Å². The average molecular weight is 453 g/mol. The second-order valence-electron chi connectivity index (χ2n) is 8.82. The van der Waals surface area contributed by atoms with Gasteiger partial charge in [-0.15, -0.1) is 0 Å². The van der Waals surface area contributed by atoms with Gasteiger partial charge in [-0.05, 0) is 51.0 Å². The minimum absolute atomic E-state index is 0.0462. The van der Waals surface area contributed by atoms with Crippen LogP contribution in [0.15, 0.2) is 54.6 Å². The fourth-order valence-corrected chi connectivity index (χ4v) is 3.52. The van der Waals surface area contributed by atoms with E-state index in [-0.39, 0.29) is 29.6 Å². The number of carbonyl (C=O) groups excluding carboxylic acids is 2. The zero-order valence-electron chi connectivity index (χ0n) is 19.5. The number of ether oxygens (including phenoxy) is 1. The third-order valence-corrected chi connectivity index (χ3v) is 4.97. The van der Waals surface area contributed by atoms with Crippen LogP contribution in [0, 0.1) is 12.7 Å². The Bertz CT molecular complexity index is 1150. The molecule has 1 aromatic heterocycles. The lowest BCUT2D eigenvalue weighted by molar-refractivity contribution is -0.123. The maximum atomic E-state index is 14.3. The Morgan fingerprint density at radius 1 is 1.12 bits per heavy atom. The van der Waals surface area contributed by atoms with E-state index in [1.807, 2.05) is 52.0 Å². The molecule has 3 aromatic rings. The van der Waals surface area contributed by atoms with Gasteiger partial charge < -0.3 is 15.4 Å². The second kappa shape index (κ2) is 9.85. The number of carbonyl (C=O) groups is 2. The van der Waals surface area contributed by atoms with Crippen LogP contribution in [0.4, 0.5) is 4.39 Å². The number of benzene rings is 2. The van der Waals surface area contributed by atoms with Crippen molar-refractivity contribution in [2.75, 3.05) is 7.11 Å². The number of nitrogens with zero attached hydrogens (tertiary/aromatic N) is 2. The van der Waals surface area contributed by atoms with E-state index < -0.39 is 23.3 Å². The monoisotopic (exact) mass is 452 g/mol. The summed E-state index contributed by atoms with van der Waals surface area (Å²) in [7, 11) is 1.42. The molecule has 2 amide bonds. The first-order chi connectivity index (χ1) is 15.6. The molecule has 1 atom stereocenters. The molecule has 0 saturated heterocycles. The highest BCUT2D eigenvalue weighted by Gasteiger charge is 2.25. The quantitative estimate of drug-likeness (QED) is 0.565. The molecular formula is C25H29FN4O3. The smallest absolute Gasteiger partial charge is 0.272 e. The number of amides is 2. The highest BCUT2D eigenvalue weighted by molar-refractivity contribution is 5.93. The van der Waals surface area contributed by atoms with Crippen molar-refractivity contribution in [2.24, 2.45) is 0 Å². The summed E-state index contributed by atoms with van der Waals surface area (Å²) in [5.41, 5.74) is 1.58. The molecule has 33 heavy (non-hydrogen) atoms. The standard InChI is InChI=1S/C25H29FN4O3/c1-16-10-6-7-11-17(16)19(14-22(31)28-25(2,3)4)27-24(32)20-15-23(33-5)30(29-20)21-13-9-8-12-18(21)26/h6-13,15,19H,14H2,1-5H3,(H,27,32)(H,28,31)/t19-/m0/s1. The molecule has 0 saturated carbocycles. The topological polar surface area (TPSA) is 85.2 Å². The summed E-state index contributed by atoms with van der Waals surface area (Å²) in [6, 6.07) is 14.5. The van der Waals surface area contributed by atoms with Crippen molar-refractivity contribution in [3.63, 3.8) is 0 Å². The molecule has 0 aliphatic rings. The molecule has 1 heterocycles. The molecule has 8 heteroatoms. The van der Waals surface area contributed by atoms with Gasteiger partial charge in [0.05, 0.1) is 19.6 Å². The predicted octanol–water partition coefficient (Wildman–Crippen LogP) is 4.10. The number of hydrogen-bond donors (Lipinski definition) is 2. The van der Waals surface area contributed by atoms with Gasteiger partial charge in [0.15, 0.2) is 5.69 Å². The molecule has 0 unspecified atom stereocenters. The Kier molecular flexibility index (Phi) is 7.16. The fraction of sp³-hybridized carbons (Fsp3) is 0.320. The molecule has 3 rings (SSSR count). The Hall–Kier alpha value is -3.68. The Labute approximate surface area is 193 Å². The van der Waals surface area contributed by atoms with E-state index in [2.05, 4.69) is 15.7 Å². The van der Waals surface area contributed by atoms with Gasteiger partial charge in [0.1, 0.15) is 11.5 Å². The molecule has 2 N–H and O–H groups in total. The van der Waals surface area contributed by atoms with Gasteiger partial charge in [-0.2, -0.15) is 9.78 Å². The van der Waals surface area contributed by atoms with Crippen molar-refractivity contribution >= 4 is 11.8 Å². The minimum Gasteiger partial charge on any atom is -0.481 e. The van der Waals surface area contributed by atoms with Gasteiger partial charge in [-0.3, -0.25) is 9.59 Å². The lowest BCUT2D eigenvalue weighted by atomic mass is 9.97. The first-order valence-corrected chi connectivity index (χ1v) is 10.7. The van der Waals surface area contributed by atoms with Crippen molar-refractivity contribution in [1.82, 2.24) is 20.4 Å². The number of hydrogen-bond acceptors (Lipinski definition) is 4. The van der Waals surface area contributed by atoms with Crippen molar-refractivity contribution in [3.05, 3.63) is 77.2 Å². The van der Waals surface area contributed by atoms with Crippen LogP contribution in [0.2, 0.25) is 0 Å². The summed E-state index contributed by atoms with van der Waals surface area (Å²) in [4.78, 5) is 25.8. The average Bonchev–Trinajstić information content (AvgIpc) is 3.17. The van der Waals surface area contributed by atoms with E-state index in [4.69, 9.17) is 4.74 Å². The number of para-hydroxylation sites is 1. The van der Waals surface area contributed by atoms with Gasteiger partial charge >= 0.3 is 0 Å². The third kappa shape index (κ3) is 5.97. The SMILES string of the molecule is COc1cc(C(=O)N[C@@H](CC(=O)NC(C)(C)C)c2ccccc2C)nn1-c1ccccc1F. The van der Waals surface area contributed by atoms with Crippen molar-refractivity contribution in [2.45, 2.75) is 45.7 Å². The summed E-state index contributed by atoms with van der Waals surface area (Å²) >= 11 is 0. The molecule has 0 fully saturated rings. The van der Waals surface area contributed by atoms with E-state index >= 15 is 0 Å². The van der Waals surface area contributed by atoms with E-state index in [1.165, 1.54) is 23.9 Å². The predicted molar refractivity (Wildman–Crippen MR) is 124 cm³/mol. The van der Waals surface area contributed by atoms with Gasteiger partial charge in [-0.1, -0.05) is 36.4 Å². The molecule has 0 aliphatic heterocycles. The van der Waals surface area contributed by atoms with E-state index in [9.17, 15) is 14.0 Å². The second-order valence-corrected chi connectivity index (χ2v) is 8.82. The zero-order valence-corrected chi connectivity index (χ0v) is 19.5. The van der Waals surface area contributed by atoms with Crippen LogP contribution in [-0.2, 0) is 4.79 Å². The highest BCUT2D eigenvalue weighted by atomic mass is 19.1. The van der Waals surface area contributed by atoms with Crippen molar-refractivity contribution in [1.29, 1.82) is 0 Å². The number of nitrogens with one attached hydrogen (secondary N) is 2. The van der Waals surface area contributed by atoms with Gasteiger partial charge in [0.2, 0.25) is 11.8 Å². The lowest BCUT2D eigenvalue weighted by Crippen LogP contribution is -2.42. The van der Waals surface area contributed by atoms with Crippen molar-refractivity contribution < 1.29 is 18.7 Å². The summed E-state index contributed by atoms with van der Waals surface area (Å²) in [5.74, 6) is -0.976. The minimum atomic E-state index is -0.578. The molecule has 0 radical (unpaired) electrons. The van der Waals surface area contributed by atoms with Gasteiger partial charge in [-0.25, -0.2) is 4.39 Å². The molecule has 0 bridgehead atoms. The summed E-state index contributed by atoms with van der Waals surface area (Å²) in [6.07, 6.45) is 0.0546. The van der Waals surface area contributed by atoms with E-state index in [0.29, 0.717) is 0 Å². The van der Waals surface area contributed by atoms with Crippen molar-refractivity contribution in [3.8, 4) is 11.6 Å². The summed E-state index contributed by atoms with van der Waals surface area (Å²) in [5, 5.41) is 10.1. The van der Waals surface area contributed by atoms with Crippen LogP contribution in [0.25, 0.3) is 5.69 Å². The van der Waals surface area contributed by atoms with Crippen LogP contribution in [-0.4, -0.2) is 34.2 Å². The summed E-state index contributed by atoms with van der Waals surface area (Å²) in [6.45, 7) is 7.61. The largest absolute Gasteiger partial charge is 0.481 e. The van der Waals surface area contributed by atoms with Gasteiger partial charge in [0.25, 0.3) is 5.91 Å². The van der Waals surface area contributed by atoms with Crippen LogP contribution in [0.5, 0.6) is 5.88 Å². The highest BCUT2D eigenvalue weighted by Crippen LogP contribution is 2.24. The van der Waals surface area contributed by atoms with Crippen LogP contribution >= 0.6 is 0 Å². The van der Waals surface area contributed by atoms with Crippen LogP contribution in [0.1, 0.15) is 54.8 Å². The Morgan fingerprint density at radius 3 is 2.42 bits per heavy atom. The third-order valence-electron chi connectivity index (χ3n) is 4.97. The van der Waals surface area contributed by atoms with Crippen LogP contribution < -0.4 is 15.4 Å². The zero-order chi connectivity index (χ0) is 24.2. The lowest BCUT2D eigenvalue weighted by Gasteiger charge is -2.24. The molecule has 2 aromatic carbocycles. The molecule has 0 aliphatic carbocycles. The maximum Gasteiger partial charge on any atom is 0.272 e. The number of aromatic nitrogens is 2. The number of methoxy groups -OCH3 is 1. The molecule has 174 valence electrons. The van der Waals surface area contributed by atoms with Gasteiger partial charge in [0, 0.05) is 11.6 Å².